The van der Waals surface area contributed by atoms with Gasteiger partial charge < -0.3 is 10.2 Å². The van der Waals surface area contributed by atoms with Crippen LogP contribution in [0.5, 0.6) is 0 Å². The third-order valence-electron chi connectivity index (χ3n) is 5.15. The molecule has 2 atom stereocenters. The van der Waals surface area contributed by atoms with Crippen LogP contribution in [-0.2, 0) is 11.2 Å². The lowest BCUT2D eigenvalue weighted by Gasteiger charge is -2.39. The number of nitrogens with zero attached hydrogens (tertiary/aromatic N) is 3. The molecule has 6 nitrogen and oxygen atoms in total. The lowest BCUT2D eigenvalue weighted by Crippen LogP contribution is -2.55. The number of piperidine rings is 1. The van der Waals surface area contributed by atoms with Crippen LogP contribution in [0, 0.1) is 5.92 Å². The molecule has 1 aromatic rings. The van der Waals surface area contributed by atoms with Gasteiger partial charge in [0, 0.05) is 44.4 Å². The summed E-state index contributed by atoms with van der Waals surface area (Å²) in [6.45, 7) is 4.67. The van der Waals surface area contributed by atoms with Gasteiger partial charge >= 0.3 is 6.03 Å². The summed E-state index contributed by atoms with van der Waals surface area (Å²) < 4.78 is 0. The van der Waals surface area contributed by atoms with E-state index in [-0.39, 0.29) is 17.9 Å². The predicted molar refractivity (Wildman–Crippen MR) is 86.8 cm³/mol. The standard InChI is InChI=1S/C17H24N4O2/c1-17(15(22)20(2)16(23)19-17)13-6-5-10-21(12-13)11-8-14-7-3-4-9-18-14/h3-4,7,9,13H,5-6,8,10-12H2,1-2H3,(H,19,23). The summed E-state index contributed by atoms with van der Waals surface area (Å²) in [7, 11) is 1.55. The molecule has 0 spiro atoms. The number of imide groups is 1. The molecule has 3 amide bonds. The van der Waals surface area contributed by atoms with Crippen LogP contribution in [-0.4, -0.2) is 58.9 Å². The average molecular weight is 316 g/mol. The number of carbonyl (C=O) groups is 2. The Bertz CT molecular complexity index is 592. The number of likely N-dealkylation sites (tertiary alicyclic amines) is 1. The van der Waals surface area contributed by atoms with Crippen LogP contribution in [0.2, 0.25) is 0 Å². The van der Waals surface area contributed by atoms with E-state index in [0.29, 0.717) is 0 Å². The van der Waals surface area contributed by atoms with Crippen molar-refractivity contribution in [2.45, 2.75) is 31.7 Å². The molecule has 2 aliphatic heterocycles. The Morgan fingerprint density at radius 3 is 2.87 bits per heavy atom. The fraction of sp³-hybridized carbons (Fsp3) is 0.588. The second-order valence-corrected chi connectivity index (χ2v) is 6.71. The van der Waals surface area contributed by atoms with E-state index in [1.54, 1.807) is 7.05 Å². The van der Waals surface area contributed by atoms with Gasteiger partial charge in [-0.05, 0) is 38.4 Å². The Kier molecular flexibility index (Phi) is 4.35. The zero-order valence-electron chi connectivity index (χ0n) is 13.8. The van der Waals surface area contributed by atoms with E-state index in [9.17, 15) is 9.59 Å². The summed E-state index contributed by atoms with van der Waals surface area (Å²) in [5, 5.41) is 2.89. The molecule has 2 saturated heterocycles. The monoisotopic (exact) mass is 316 g/mol. The first-order chi connectivity index (χ1) is 11.0. The largest absolute Gasteiger partial charge is 0.324 e. The molecule has 3 heterocycles. The smallest absolute Gasteiger partial charge is 0.323 e. The molecule has 1 N–H and O–H groups in total. The maximum atomic E-state index is 12.4. The van der Waals surface area contributed by atoms with Crippen molar-refractivity contribution in [2.75, 3.05) is 26.7 Å². The van der Waals surface area contributed by atoms with Crippen LogP contribution in [0.25, 0.3) is 0 Å². The molecule has 6 heteroatoms. The number of nitrogens with one attached hydrogen (secondary N) is 1. The lowest BCUT2D eigenvalue weighted by atomic mass is 9.80. The fourth-order valence-corrected chi connectivity index (χ4v) is 3.63. The first kappa shape index (κ1) is 15.9. The predicted octanol–water partition coefficient (Wildman–Crippen LogP) is 1.28. The summed E-state index contributed by atoms with van der Waals surface area (Å²) in [6, 6.07) is 5.68. The topological polar surface area (TPSA) is 65.5 Å². The maximum Gasteiger partial charge on any atom is 0.324 e. The molecule has 124 valence electrons. The minimum Gasteiger partial charge on any atom is -0.323 e. The summed E-state index contributed by atoms with van der Waals surface area (Å²) in [5.74, 6) is 0.0421. The molecule has 2 unspecified atom stereocenters. The van der Waals surface area contributed by atoms with Crippen LogP contribution in [0.3, 0.4) is 0 Å². The van der Waals surface area contributed by atoms with E-state index in [1.165, 1.54) is 4.90 Å². The summed E-state index contributed by atoms with van der Waals surface area (Å²) in [6.07, 6.45) is 4.74. The van der Waals surface area contributed by atoms with Gasteiger partial charge in [-0.15, -0.1) is 0 Å². The molecular weight excluding hydrogens is 292 g/mol. The quantitative estimate of drug-likeness (QED) is 0.850. The Morgan fingerprint density at radius 1 is 1.39 bits per heavy atom. The van der Waals surface area contributed by atoms with Gasteiger partial charge in [0.15, 0.2) is 0 Å². The number of hydrogen-bond acceptors (Lipinski definition) is 4. The Hall–Kier alpha value is -1.95. The molecule has 3 rings (SSSR count). The highest BCUT2D eigenvalue weighted by molar-refractivity contribution is 6.06. The Labute approximate surface area is 136 Å². The molecule has 0 radical (unpaired) electrons. The van der Waals surface area contributed by atoms with E-state index in [1.807, 2.05) is 31.3 Å². The van der Waals surface area contributed by atoms with Gasteiger partial charge in [0.2, 0.25) is 0 Å². The first-order valence-corrected chi connectivity index (χ1v) is 8.23. The number of rotatable bonds is 4. The number of pyridine rings is 1. The minimum atomic E-state index is -0.768. The van der Waals surface area contributed by atoms with Gasteiger partial charge in [-0.2, -0.15) is 0 Å². The molecule has 23 heavy (non-hydrogen) atoms. The van der Waals surface area contributed by atoms with Gasteiger partial charge in [0.1, 0.15) is 5.54 Å². The number of aromatic nitrogens is 1. The zero-order chi connectivity index (χ0) is 16.4. The van der Waals surface area contributed by atoms with Gasteiger partial charge in [-0.25, -0.2) is 4.79 Å². The van der Waals surface area contributed by atoms with Crippen molar-refractivity contribution >= 4 is 11.9 Å². The number of hydrogen-bond donors (Lipinski definition) is 1. The second kappa shape index (κ2) is 6.28. The van der Waals surface area contributed by atoms with Gasteiger partial charge in [-0.1, -0.05) is 6.07 Å². The molecule has 0 aromatic carbocycles. The van der Waals surface area contributed by atoms with Crippen molar-refractivity contribution in [3.63, 3.8) is 0 Å². The van der Waals surface area contributed by atoms with Gasteiger partial charge in [0.25, 0.3) is 5.91 Å². The zero-order valence-corrected chi connectivity index (χ0v) is 13.8. The highest BCUT2D eigenvalue weighted by Crippen LogP contribution is 2.31. The fourth-order valence-electron chi connectivity index (χ4n) is 3.63. The third-order valence-corrected chi connectivity index (χ3v) is 5.15. The van der Waals surface area contributed by atoms with E-state index < -0.39 is 5.54 Å². The molecule has 1 aromatic heterocycles. The number of amides is 3. The molecule has 2 aliphatic rings. The second-order valence-electron chi connectivity index (χ2n) is 6.71. The molecule has 0 saturated carbocycles. The Balaban J connectivity index is 1.62. The van der Waals surface area contributed by atoms with Crippen LogP contribution in [0.1, 0.15) is 25.5 Å². The number of urea groups is 1. The highest BCUT2D eigenvalue weighted by Gasteiger charge is 2.51. The Morgan fingerprint density at radius 2 is 2.22 bits per heavy atom. The third kappa shape index (κ3) is 3.08. The summed E-state index contributed by atoms with van der Waals surface area (Å²) in [5.41, 5.74) is 0.320. The van der Waals surface area contributed by atoms with Crippen LogP contribution in [0.15, 0.2) is 24.4 Å². The van der Waals surface area contributed by atoms with Crippen molar-refractivity contribution in [3.05, 3.63) is 30.1 Å². The van der Waals surface area contributed by atoms with Crippen molar-refractivity contribution in [3.8, 4) is 0 Å². The van der Waals surface area contributed by atoms with E-state index in [2.05, 4.69) is 15.2 Å². The van der Waals surface area contributed by atoms with Gasteiger partial charge in [0.05, 0.1) is 0 Å². The highest BCUT2D eigenvalue weighted by atomic mass is 16.2. The van der Waals surface area contributed by atoms with Crippen LogP contribution < -0.4 is 5.32 Å². The van der Waals surface area contributed by atoms with Crippen LogP contribution in [0.4, 0.5) is 4.79 Å². The molecule has 2 fully saturated rings. The number of likely N-dealkylation sites (N-methyl/N-ethyl adjacent to an activating group) is 1. The molecule has 0 bridgehead atoms. The van der Waals surface area contributed by atoms with Crippen molar-refractivity contribution in [1.29, 1.82) is 0 Å². The maximum absolute atomic E-state index is 12.4. The van der Waals surface area contributed by atoms with Crippen molar-refractivity contribution in [2.24, 2.45) is 5.92 Å². The van der Waals surface area contributed by atoms with Crippen LogP contribution >= 0.6 is 0 Å². The van der Waals surface area contributed by atoms with Crippen molar-refractivity contribution < 1.29 is 9.59 Å². The summed E-state index contributed by atoms with van der Waals surface area (Å²) in [4.78, 5) is 32.2. The minimum absolute atomic E-state index is 0.112. The van der Waals surface area contributed by atoms with Gasteiger partial charge in [-0.3, -0.25) is 14.7 Å². The summed E-state index contributed by atoms with van der Waals surface area (Å²) >= 11 is 0. The average Bonchev–Trinajstić information content (AvgIpc) is 2.78. The first-order valence-electron chi connectivity index (χ1n) is 8.23. The van der Waals surface area contributed by atoms with Crippen molar-refractivity contribution in [1.82, 2.24) is 20.1 Å². The van der Waals surface area contributed by atoms with E-state index in [0.717, 1.165) is 44.6 Å². The van der Waals surface area contributed by atoms with E-state index >= 15 is 0 Å². The molecular formula is C17H24N4O2. The van der Waals surface area contributed by atoms with E-state index in [4.69, 9.17) is 0 Å². The SMILES string of the molecule is CN1C(=O)NC(C)(C2CCCN(CCc3ccccn3)C2)C1=O. The molecule has 0 aliphatic carbocycles. The normalized spacial score (nSPS) is 29.0. The lowest BCUT2D eigenvalue weighted by molar-refractivity contribution is -0.132. The number of carbonyl (C=O) groups excluding carboxylic acids is 2.